The maximum Gasteiger partial charge on any atom is 0.415 e. The van der Waals surface area contributed by atoms with Crippen LogP contribution in [0.2, 0.25) is 0 Å². The van der Waals surface area contributed by atoms with Crippen LogP contribution in [0.25, 0.3) is 11.3 Å². The molecule has 2 aromatic heterocycles. The van der Waals surface area contributed by atoms with Crippen molar-refractivity contribution in [2.75, 3.05) is 49.5 Å². The minimum Gasteiger partial charge on any atom is -0.480 e. The molecule has 2 fully saturated rings. The average Bonchev–Trinajstić information content (AvgIpc) is 3.61. The third-order valence-electron chi connectivity index (χ3n) is 7.49. The Balaban J connectivity index is 0.992. The number of likely N-dealkylation sites (N-methyl/N-ethyl adjacent to an activating group) is 1. The number of amides is 2. The molecule has 3 aliphatic heterocycles. The van der Waals surface area contributed by atoms with Gasteiger partial charge in [-0.15, -0.1) is 0 Å². The number of carbonyl (C=O) groups excluding carboxylic acids is 2. The summed E-state index contributed by atoms with van der Waals surface area (Å²) in [6, 6.07) is 17.6. The summed E-state index contributed by atoms with van der Waals surface area (Å²) in [6.07, 6.45) is 1.16. The number of anilines is 2. The van der Waals surface area contributed by atoms with E-state index < -0.39 is 6.09 Å². The van der Waals surface area contributed by atoms with Crippen molar-refractivity contribution in [3.8, 4) is 22.9 Å². The molecule has 0 spiro atoms. The van der Waals surface area contributed by atoms with Crippen LogP contribution in [0, 0.1) is 0 Å². The first kappa shape index (κ1) is 27.0. The molecule has 41 heavy (non-hydrogen) atoms. The van der Waals surface area contributed by atoms with E-state index in [1.54, 1.807) is 12.1 Å². The topological polar surface area (TPSA) is 118 Å². The Hall–Kier alpha value is -4.22. The van der Waals surface area contributed by atoms with Gasteiger partial charge in [0, 0.05) is 31.3 Å². The average molecular weight is 559 g/mol. The van der Waals surface area contributed by atoms with Gasteiger partial charge in [-0.1, -0.05) is 31.2 Å². The number of fused-ring (bicyclic) bond motifs is 1. The van der Waals surface area contributed by atoms with Gasteiger partial charge in [-0.05, 0) is 55.8 Å². The number of hydrogen-bond donors (Lipinski definition) is 2. The van der Waals surface area contributed by atoms with Gasteiger partial charge < -0.3 is 24.8 Å². The highest BCUT2D eigenvalue weighted by Gasteiger charge is 2.33. The quantitative estimate of drug-likeness (QED) is 0.361. The van der Waals surface area contributed by atoms with Crippen LogP contribution in [0.15, 0.2) is 54.6 Å². The van der Waals surface area contributed by atoms with Crippen LogP contribution in [0.3, 0.4) is 0 Å². The third-order valence-corrected chi connectivity index (χ3v) is 7.49. The number of cyclic esters (lactones) is 1. The first-order valence-electron chi connectivity index (χ1n) is 14.1. The third kappa shape index (κ3) is 6.41. The van der Waals surface area contributed by atoms with Crippen LogP contribution in [0.1, 0.15) is 25.3 Å². The predicted molar refractivity (Wildman–Crippen MR) is 153 cm³/mol. The second-order valence-electron chi connectivity index (χ2n) is 10.4. The van der Waals surface area contributed by atoms with Crippen LogP contribution in [-0.4, -0.2) is 78.4 Å². The number of pyridine rings is 2. The van der Waals surface area contributed by atoms with Gasteiger partial charge in [0.1, 0.15) is 18.0 Å². The van der Waals surface area contributed by atoms with Crippen molar-refractivity contribution in [2.45, 2.75) is 38.5 Å². The largest absolute Gasteiger partial charge is 0.480 e. The molecule has 1 unspecified atom stereocenters. The smallest absolute Gasteiger partial charge is 0.415 e. The van der Waals surface area contributed by atoms with E-state index in [1.165, 1.54) is 4.90 Å². The van der Waals surface area contributed by atoms with Gasteiger partial charge in [-0.3, -0.25) is 14.6 Å². The molecule has 11 heteroatoms. The number of rotatable bonds is 10. The van der Waals surface area contributed by atoms with Gasteiger partial charge in [0.2, 0.25) is 5.88 Å². The highest BCUT2D eigenvalue weighted by molar-refractivity contribution is 5.95. The zero-order valence-corrected chi connectivity index (χ0v) is 23.0. The molecule has 2 saturated heterocycles. The Morgan fingerprint density at radius 3 is 2.88 bits per heavy atom. The van der Waals surface area contributed by atoms with Gasteiger partial charge >= 0.3 is 6.09 Å². The summed E-state index contributed by atoms with van der Waals surface area (Å²) < 4.78 is 17.1. The minimum atomic E-state index is -0.451. The van der Waals surface area contributed by atoms with Gasteiger partial charge in [0.15, 0.2) is 18.2 Å². The van der Waals surface area contributed by atoms with Crippen molar-refractivity contribution in [2.24, 2.45) is 0 Å². The SMILES string of the molecule is CCN1CCC(Oc2cccc(-c3cccc(CNCC[C@H]4CN(c5ccc6c(n5)NC(=O)CO6)C(=O)O4)c3)n2)C1. The highest BCUT2D eigenvalue weighted by atomic mass is 16.6. The monoisotopic (exact) mass is 558 g/mol. The Kier molecular flexibility index (Phi) is 7.97. The van der Waals surface area contributed by atoms with E-state index in [2.05, 4.69) is 45.6 Å². The fourth-order valence-electron chi connectivity index (χ4n) is 5.29. The molecule has 5 heterocycles. The minimum absolute atomic E-state index is 0.0448. The second-order valence-corrected chi connectivity index (χ2v) is 10.4. The molecule has 0 bridgehead atoms. The number of carbonyl (C=O) groups is 2. The molecule has 3 aromatic rings. The van der Waals surface area contributed by atoms with E-state index in [0.717, 1.165) is 42.9 Å². The molecule has 214 valence electrons. The summed E-state index contributed by atoms with van der Waals surface area (Å²) in [5.74, 6) is 1.60. The first-order chi connectivity index (χ1) is 20.0. The van der Waals surface area contributed by atoms with Crippen molar-refractivity contribution in [1.29, 1.82) is 0 Å². The predicted octanol–water partition coefficient (Wildman–Crippen LogP) is 3.45. The van der Waals surface area contributed by atoms with Crippen LogP contribution in [0.4, 0.5) is 16.4 Å². The zero-order valence-electron chi connectivity index (χ0n) is 23.0. The summed E-state index contributed by atoms with van der Waals surface area (Å²) in [4.78, 5) is 37.1. The maximum absolute atomic E-state index is 12.5. The fraction of sp³-hybridized carbons (Fsp3) is 0.400. The summed E-state index contributed by atoms with van der Waals surface area (Å²) in [5.41, 5.74) is 3.06. The van der Waals surface area contributed by atoms with Crippen LogP contribution in [-0.2, 0) is 16.1 Å². The van der Waals surface area contributed by atoms with Crippen LogP contribution < -0.4 is 25.0 Å². The molecule has 2 amide bonds. The normalized spacial score (nSPS) is 20.4. The molecule has 6 rings (SSSR count). The molecule has 3 aliphatic rings. The van der Waals surface area contributed by atoms with Gasteiger partial charge in [-0.2, -0.15) is 0 Å². The summed E-state index contributed by atoms with van der Waals surface area (Å²) >= 11 is 0. The van der Waals surface area contributed by atoms with Crippen molar-refractivity contribution in [3.63, 3.8) is 0 Å². The number of ether oxygens (including phenoxy) is 3. The van der Waals surface area contributed by atoms with E-state index in [-0.39, 0.29) is 24.7 Å². The van der Waals surface area contributed by atoms with E-state index in [9.17, 15) is 9.59 Å². The van der Waals surface area contributed by atoms with E-state index in [4.69, 9.17) is 19.2 Å². The Labute approximate surface area is 238 Å². The van der Waals surface area contributed by atoms with Crippen molar-refractivity contribution < 1.29 is 23.8 Å². The lowest BCUT2D eigenvalue weighted by atomic mass is 10.1. The van der Waals surface area contributed by atoms with E-state index >= 15 is 0 Å². The van der Waals surface area contributed by atoms with Gasteiger partial charge in [0.25, 0.3) is 5.91 Å². The van der Waals surface area contributed by atoms with Crippen molar-refractivity contribution >= 4 is 23.6 Å². The van der Waals surface area contributed by atoms with Crippen molar-refractivity contribution in [3.05, 3.63) is 60.2 Å². The van der Waals surface area contributed by atoms with Crippen LogP contribution >= 0.6 is 0 Å². The number of nitrogens with one attached hydrogen (secondary N) is 2. The lowest BCUT2D eigenvalue weighted by molar-refractivity contribution is -0.118. The highest BCUT2D eigenvalue weighted by Crippen LogP contribution is 2.30. The number of likely N-dealkylation sites (tertiary alicyclic amines) is 1. The summed E-state index contributed by atoms with van der Waals surface area (Å²) in [5, 5.41) is 6.12. The van der Waals surface area contributed by atoms with E-state index in [0.29, 0.717) is 49.3 Å². The fourth-order valence-corrected chi connectivity index (χ4v) is 5.29. The molecule has 2 atom stereocenters. The zero-order chi connectivity index (χ0) is 28.2. The van der Waals surface area contributed by atoms with Crippen LogP contribution in [0.5, 0.6) is 11.6 Å². The molecule has 0 radical (unpaired) electrons. The molecular weight excluding hydrogens is 524 g/mol. The first-order valence-corrected chi connectivity index (χ1v) is 14.1. The molecule has 0 saturated carbocycles. The molecule has 2 N–H and O–H groups in total. The number of benzene rings is 1. The van der Waals surface area contributed by atoms with Crippen molar-refractivity contribution in [1.82, 2.24) is 20.2 Å². The Morgan fingerprint density at radius 1 is 1.10 bits per heavy atom. The maximum atomic E-state index is 12.5. The summed E-state index contributed by atoms with van der Waals surface area (Å²) in [6.45, 7) is 6.93. The molecule has 1 aromatic carbocycles. The second kappa shape index (κ2) is 12.1. The Morgan fingerprint density at radius 2 is 2.00 bits per heavy atom. The number of nitrogens with zero attached hydrogens (tertiary/aromatic N) is 4. The molecule has 11 nitrogen and oxygen atoms in total. The van der Waals surface area contributed by atoms with E-state index in [1.807, 2.05) is 24.3 Å². The van der Waals surface area contributed by atoms with Gasteiger partial charge in [-0.25, -0.2) is 14.8 Å². The lowest BCUT2D eigenvalue weighted by Crippen LogP contribution is -2.29. The Bertz CT molecular complexity index is 1420. The summed E-state index contributed by atoms with van der Waals surface area (Å²) in [7, 11) is 0. The lowest BCUT2D eigenvalue weighted by Gasteiger charge is -2.19. The molecular formula is C30H34N6O5. The standard InChI is InChI=1S/C30H34N6O5/c1-2-35-14-12-23(17-35)40-28-8-4-7-24(32-28)21-6-3-5-20(15-21)16-31-13-11-22-18-36(30(38)41-22)26-10-9-25-29(33-26)34-27(37)19-39-25/h3-10,15,22-23,31H,2,11-14,16-19H2,1H3,(H,33,34,37)/t22-,23?/m0/s1. The number of hydrogen-bond acceptors (Lipinski definition) is 9. The number of aromatic nitrogens is 2. The molecule has 0 aliphatic carbocycles. The van der Waals surface area contributed by atoms with Gasteiger partial charge in [0.05, 0.1) is 12.2 Å².